The van der Waals surface area contributed by atoms with Crippen LogP contribution in [0.25, 0.3) is 0 Å². The molecule has 0 radical (unpaired) electrons. The van der Waals surface area contributed by atoms with Gasteiger partial charge in [0.15, 0.2) is 9.84 Å². The van der Waals surface area contributed by atoms with Gasteiger partial charge in [0.2, 0.25) is 0 Å². The molecule has 4 nitrogen and oxygen atoms in total. The molecule has 0 amide bonds. The lowest BCUT2D eigenvalue weighted by Crippen LogP contribution is -2.16. The van der Waals surface area contributed by atoms with E-state index in [1.165, 1.54) is 0 Å². The minimum absolute atomic E-state index is 0.531. The molecule has 0 aliphatic heterocycles. The lowest BCUT2D eigenvalue weighted by molar-refractivity contribution is -0.139. The van der Waals surface area contributed by atoms with Gasteiger partial charge in [0.1, 0.15) is 0 Å². The van der Waals surface area contributed by atoms with E-state index in [-0.39, 0.29) is 0 Å². The maximum absolute atomic E-state index is 12.6. The largest absolute Gasteiger partial charge is 0.478 e. The van der Waals surface area contributed by atoms with Crippen LogP contribution in [0.3, 0.4) is 0 Å². The number of rotatable bonds is 2. The van der Waals surface area contributed by atoms with E-state index >= 15 is 0 Å². The molecule has 17 heavy (non-hydrogen) atoms. The second-order valence-corrected chi connectivity index (χ2v) is 5.21. The van der Waals surface area contributed by atoms with Gasteiger partial charge in [-0.25, -0.2) is 13.2 Å². The minimum atomic E-state index is -4.93. The molecule has 94 valence electrons. The normalized spacial score (nSPS) is 12.5. The number of carboxylic acid groups (broad SMARTS) is 1. The molecular weight excluding hydrogens is 261 g/mol. The first-order valence-electron chi connectivity index (χ1n) is 4.18. The highest BCUT2D eigenvalue weighted by Gasteiger charge is 2.38. The number of hydrogen-bond acceptors (Lipinski definition) is 3. The number of benzene rings is 1. The smallest absolute Gasteiger partial charge is 0.417 e. The third-order valence-electron chi connectivity index (χ3n) is 1.92. The van der Waals surface area contributed by atoms with E-state index in [1.807, 2.05) is 0 Å². The van der Waals surface area contributed by atoms with E-state index in [4.69, 9.17) is 5.11 Å². The van der Waals surface area contributed by atoms with Crippen LogP contribution in [0.1, 0.15) is 15.9 Å². The van der Waals surface area contributed by atoms with Crippen LogP contribution in [0, 0.1) is 0 Å². The SMILES string of the molecule is CS(=O)(=O)c1c(C(=O)O)cccc1C(F)(F)F. The van der Waals surface area contributed by atoms with Crippen LogP contribution in [0.5, 0.6) is 0 Å². The van der Waals surface area contributed by atoms with E-state index in [2.05, 4.69) is 0 Å². The highest BCUT2D eigenvalue weighted by molar-refractivity contribution is 7.90. The summed E-state index contributed by atoms with van der Waals surface area (Å²) in [4.78, 5) is 9.51. The molecular formula is C9H7F3O4S. The molecule has 0 saturated carbocycles. The van der Waals surface area contributed by atoms with Crippen molar-refractivity contribution in [1.29, 1.82) is 0 Å². The Hall–Kier alpha value is -1.57. The topological polar surface area (TPSA) is 71.4 Å². The van der Waals surface area contributed by atoms with Crippen LogP contribution < -0.4 is 0 Å². The fourth-order valence-corrected chi connectivity index (χ4v) is 2.47. The van der Waals surface area contributed by atoms with Crippen molar-refractivity contribution < 1.29 is 31.5 Å². The molecule has 0 fully saturated rings. The van der Waals surface area contributed by atoms with Gasteiger partial charge in [-0.2, -0.15) is 13.2 Å². The van der Waals surface area contributed by atoms with Crippen LogP contribution in [0.2, 0.25) is 0 Å². The Bertz CT molecular complexity index is 560. The fraction of sp³-hybridized carbons (Fsp3) is 0.222. The summed E-state index contributed by atoms with van der Waals surface area (Å²) < 4.78 is 60.2. The van der Waals surface area contributed by atoms with Gasteiger partial charge in [0, 0.05) is 6.26 Å². The highest BCUT2D eigenvalue weighted by Crippen LogP contribution is 2.35. The van der Waals surface area contributed by atoms with Crippen LogP contribution >= 0.6 is 0 Å². The van der Waals surface area contributed by atoms with Gasteiger partial charge >= 0.3 is 12.1 Å². The Morgan fingerprint density at radius 1 is 1.29 bits per heavy atom. The molecule has 0 heterocycles. The number of hydrogen-bond donors (Lipinski definition) is 1. The van der Waals surface area contributed by atoms with Crippen LogP contribution in [0.4, 0.5) is 13.2 Å². The Balaban J connectivity index is 3.77. The van der Waals surface area contributed by atoms with Crippen molar-refractivity contribution in [2.24, 2.45) is 0 Å². The second-order valence-electron chi connectivity index (χ2n) is 3.26. The quantitative estimate of drug-likeness (QED) is 0.887. The van der Waals surface area contributed by atoms with Crippen molar-refractivity contribution in [2.75, 3.05) is 6.26 Å². The third kappa shape index (κ3) is 2.76. The van der Waals surface area contributed by atoms with Crippen molar-refractivity contribution in [2.45, 2.75) is 11.1 Å². The Kier molecular flexibility index (Phi) is 3.19. The van der Waals surface area contributed by atoms with E-state index in [0.29, 0.717) is 12.3 Å². The van der Waals surface area contributed by atoms with Gasteiger partial charge < -0.3 is 5.11 Å². The molecule has 1 rings (SSSR count). The summed E-state index contributed by atoms with van der Waals surface area (Å²) in [6, 6.07) is 2.19. The molecule has 0 atom stereocenters. The van der Waals surface area contributed by atoms with Crippen LogP contribution in [0.15, 0.2) is 23.1 Å². The predicted molar refractivity (Wildman–Crippen MR) is 51.5 cm³/mol. The average Bonchev–Trinajstić information content (AvgIpc) is 2.13. The molecule has 1 N–H and O–H groups in total. The summed E-state index contributed by atoms with van der Waals surface area (Å²) >= 11 is 0. The van der Waals surface area contributed by atoms with Gasteiger partial charge in [-0.05, 0) is 12.1 Å². The van der Waals surface area contributed by atoms with Gasteiger partial charge in [-0.1, -0.05) is 6.07 Å². The van der Waals surface area contributed by atoms with Gasteiger partial charge in [0.25, 0.3) is 0 Å². The van der Waals surface area contributed by atoms with Crippen molar-refractivity contribution >= 4 is 15.8 Å². The average molecular weight is 268 g/mol. The molecule has 8 heteroatoms. The third-order valence-corrected chi connectivity index (χ3v) is 3.10. The van der Waals surface area contributed by atoms with Crippen molar-refractivity contribution in [3.8, 4) is 0 Å². The van der Waals surface area contributed by atoms with E-state index < -0.39 is 38.0 Å². The van der Waals surface area contributed by atoms with Gasteiger partial charge in [-0.3, -0.25) is 0 Å². The predicted octanol–water partition coefficient (Wildman–Crippen LogP) is 1.81. The standard InChI is InChI=1S/C9H7F3O4S/c1-17(15,16)7-5(8(13)14)3-2-4-6(7)9(10,11)12/h2-4H,1H3,(H,13,14). The maximum atomic E-state index is 12.6. The van der Waals surface area contributed by atoms with E-state index in [1.54, 1.807) is 0 Å². The first kappa shape index (κ1) is 13.5. The molecule has 0 spiro atoms. The molecule has 0 bridgehead atoms. The summed E-state index contributed by atoms with van der Waals surface area (Å²) in [6.07, 6.45) is -4.39. The van der Waals surface area contributed by atoms with Crippen molar-refractivity contribution in [3.05, 3.63) is 29.3 Å². The lowest BCUT2D eigenvalue weighted by atomic mass is 10.1. The molecule has 1 aromatic carbocycles. The number of alkyl halides is 3. The monoisotopic (exact) mass is 268 g/mol. The zero-order valence-electron chi connectivity index (χ0n) is 8.45. The molecule has 0 saturated heterocycles. The van der Waals surface area contributed by atoms with Gasteiger partial charge in [0.05, 0.1) is 16.0 Å². The van der Waals surface area contributed by atoms with Crippen LogP contribution in [-0.2, 0) is 16.0 Å². The molecule has 0 unspecified atom stereocenters. The molecule has 0 aliphatic rings. The zero-order chi connectivity index (χ0) is 13.4. The number of carboxylic acids is 1. The Morgan fingerprint density at radius 2 is 1.82 bits per heavy atom. The first-order valence-corrected chi connectivity index (χ1v) is 6.08. The maximum Gasteiger partial charge on any atom is 0.417 e. The number of aromatic carboxylic acids is 1. The summed E-state index contributed by atoms with van der Waals surface area (Å²) in [7, 11) is -4.29. The number of carbonyl (C=O) groups is 1. The molecule has 0 aromatic heterocycles. The van der Waals surface area contributed by atoms with Gasteiger partial charge in [-0.15, -0.1) is 0 Å². The number of sulfone groups is 1. The summed E-state index contributed by atoms with van der Waals surface area (Å²) in [5.74, 6) is -1.73. The van der Waals surface area contributed by atoms with E-state index in [0.717, 1.165) is 12.1 Å². The van der Waals surface area contributed by atoms with Crippen molar-refractivity contribution in [3.63, 3.8) is 0 Å². The van der Waals surface area contributed by atoms with Crippen LogP contribution in [-0.4, -0.2) is 25.7 Å². The first-order chi connectivity index (χ1) is 7.55. The van der Waals surface area contributed by atoms with E-state index in [9.17, 15) is 26.4 Å². The zero-order valence-corrected chi connectivity index (χ0v) is 9.26. The summed E-state index contributed by atoms with van der Waals surface area (Å²) in [5.41, 5.74) is -2.36. The Labute approximate surface area is 94.6 Å². The Morgan fingerprint density at radius 3 is 2.18 bits per heavy atom. The van der Waals surface area contributed by atoms with Crippen molar-refractivity contribution in [1.82, 2.24) is 0 Å². The lowest BCUT2D eigenvalue weighted by Gasteiger charge is -2.13. The number of halogens is 3. The fourth-order valence-electron chi connectivity index (χ4n) is 1.33. The highest BCUT2D eigenvalue weighted by atomic mass is 32.2. The molecule has 0 aliphatic carbocycles. The summed E-state index contributed by atoms with van der Waals surface area (Å²) in [5, 5.41) is 8.69. The molecule has 1 aromatic rings. The minimum Gasteiger partial charge on any atom is -0.478 e. The summed E-state index contributed by atoms with van der Waals surface area (Å²) in [6.45, 7) is 0. The second kappa shape index (κ2) is 4.02.